The van der Waals surface area contributed by atoms with Crippen molar-refractivity contribution in [1.82, 2.24) is 14.7 Å². The Morgan fingerprint density at radius 3 is 2.32 bits per heavy atom. The molecule has 0 radical (unpaired) electrons. The molecule has 0 aliphatic heterocycles. The van der Waals surface area contributed by atoms with Crippen molar-refractivity contribution in [2.75, 3.05) is 18.4 Å². The van der Waals surface area contributed by atoms with Gasteiger partial charge < -0.3 is 16.0 Å². The lowest BCUT2D eigenvalue weighted by Gasteiger charge is -2.21. The first-order valence-corrected chi connectivity index (χ1v) is 9.19. The van der Waals surface area contributed by atoms with Gasteiger partial charge in [0.15, 0.2) is 0 Å². The molecule has 0 unspecified atom stereocenters. The van der Waals surface area contributed by atoms with Crippen LogP contribution >= 0.6 is 0 Å². The number of aromatic nitrogens is 2. The van der Waals surface area contributed by atoms with Crippen molar-refractivity contribution in [2.45, 2.75) is 33.6 Å². The molecule has 1 aromatic carbocycles. The minimum Gasteiger partial charge on any atom is -0.366 e. The molecule has 0 bridgehead atoms. The van der Waals surface area contributed by atoms with Crippen LogP contribution in [0.4, 0.5) is 5.69 Å². The largest absolute Gasteiger partial charge is 0.366 e. The molecule has 0 saturated carbocycles. The second-order valence-electron chi connectivity index (χ2n) is 6.66. The Kier molecular flexibility index (Phi) is 6.92. The maximum absolute atomic E-state index is 12.6. The Bertz CT molecular complexity index is 871. The van der Waals surface area contributed by atoms with Crippen LogP contribution in [0.15, 0.2) is 24.3 Å². The molecule has 0 spiro atoms. The van der Waals surface area contributed by atoms with Crippen LogP contribution in [0.25, 0.3) is 0 Å². The number of nitrogens with one attached hydrogen (secondary N) is 1. The zero-order valence-corrected chi connectivity index (χ0v) is 16.8. The van der Waals surface area contributed by atoms with Crippen LogP contribution in [-0.2, 0) is 23.1 Å². The Morgan fingerprint density at radius 2 is 1.82 bits per heavy atom. The predicted octanol–water partition coefficient (Wildman–Crippen LogP) is 1.56. The second kappa shape index (κ2) is 9.16. The molecule has 0 atom stereocenters. The van der Waals surface area contributed by atoms with Crippen molar-refractivity contribution >= 4 is 23.4 Å². The van der Waals surface area contributed by atoms with E-state index in [1.54, 1.807) is 33.8 Å². The van der Waals surface area contributed by atoms with Gasteiger partial charge in [0.1, 0.15) is 0 Å². The monoisotopic (exact) mass is 385 g/mol. The van der Waals surface area contributed by atoms with Gasteiger partial charge in [0.25, 0.3) is 0 Å². The Balaban J connectivity index is 1.90. The lowest BCUT2D eigenvalue weighted by molar-refractivity contribution is -0.130. The summed E-state index contributed by atoms with van der Waals surface area (Å²) in [5.41, 5.74) is 8.90. The highest BCUT2D eigenvalue weighted by Gasteiger charge is 2.18. The van der Waals surface area contributed by atoms with E-state index in [4.69, 9.17) is 5.73 Å². The lowest BCUT2D eigenvalue weighted by atomic mass is 10.1. The molecule has 0 saturated heterocycles. The molecular formula is C20H27N5O3. The Labute approximate surface area is 164 Å². The van der Waals surface area contributed by atoms with Crippen molar-refractivity contribution in [2.24, 2.45) is 12.8 Å². The second-order valence-corrected chi connectivity index (χ2v) is 6.66. The zero-order chi connectivity index (χ0) is 20.8. The summed E-state index contributed by atoms with van der Waals surface area (Å²) < 4.78 is 1.77. The summed E-state index contributed by atoms with van der Waals surface area (Å²) in [6, 6.07) is 6.35. The number of anilines is 1. The van der Waals surface area contributed by atoms with E-state index in [0.29, 0.717) is 24.3 Å². The minimum absolute atomic E-state index is 0.0275. The van der Waals surface area contributed by atoms with Gasteiger partial charge in [-0.15, -0.1) is 0 Å². The van der Waals surface area contributed by atoms with E-state index in [-0.39, 0.29) is 24.7 Å². The first kappa shape index (κ1) is 21.1. The van der Waals surface area contributed by atoms with Crippen molar-refractivity contribution in [3.8, 4) is 0 Å². The summed E-state index contributed by atoms with van der Waals surface area (Å²) in [5, 5.41) is 7.10. The topological polar surface area (TPSA) is 110 Å². The molecule has 0 aliphatic carbocycles. The van der Waals surface area contributed by atoms with E-state index < -0.39 is 5.91 Å². The van der Waals surface area contributed by atoms with E-state index in [2.05, 4.69) is 10.4 Å². The molecule has 1 aromatic heterocycles. The van der Waals surface area contributed by atoms with Crippen LogP contribution in [0, 0.1) is 13.8 Å². The van der Waals surface area contributed by atoms with Crippen molar-refractivity contribution in [3.05, 3.63) is 46.8 Å². The van der Waals surface area contributed by atoms with E-state index in [1.165, 1.54) is 0 Å². The van der Waals surface area contributed by atoms with Gasteiger partial charge >= 0.3 is 0 Å². The van der Waals surface area contributed by atoms with Crippen LogP contribution < -0.4 is 11.1 Å². The first-order valence-electron chi connectivity index (χ1n) is 9.19. The number of aryl methyl sites for hydroxylation is 2. The number of hydrogen-bond donors (Lipinski definition) is 2. The maximum atomic E-state index is 12.6. The van der Waals surface area contributed by atoms with Crippen LogP contribution in [0.2, 0.25) is 0 Å². The van der Waals surface area contributed by atoms with Gasteiger partial charge in [-0.25, -0.2) is 0 Å². The van der Waals surface area contributed by atoms with Crippen LogP contribution in [-0.4, -0.2) is 45.5 Å². The quantitative estimate of drug-likeness (QED) is 0.718. The Morgan fingerprint density at radius 1 is 1.18 bits per heavy atom. The zero-order valence-electron chi connectivity index (χ0n) is 16.8. The molecule has 8 heteroatoms. The highest BCUT2D eigenvalue weighted by molar-refractivity contribution is 5.95. The average Bonchev–Trinajstić information content (AvgIpc) is 2.88. The number of nitrogens with zero attached hydrogens (tertiary/aromatic N) is 3. The number of rotatable bonds is 8. The smallest absolute Gasteiger partial charge is 0.248 e. The number of nitrogens with two attached hydrogens (primary N) is 1. The molecule has 150 valence electrons. The van der Waals surface area contributed by atoms with Gasteiger partial charge in [0, 0.05) is 49.1 Å². The first-order chi connectivity index (χ1) is 13.2. The fourth-order valence-corrected chi connectivity index (χ4v) is 2.97. The van der Waals surface area contributed by atoms with Crippen LogP contribution in [0.1, 0.15) is 40.7 Å². The number of carbonyl (C=O) groups excluding carboxylic acids is 3. The lowest BCUT2D eigenvalue weighted by Crippen LogP contribution is -2.35. The van der Waals surface area contributed by atoms with E-state index in [0.717, 1.165) is 17.0 Å². The predicted molar refractivity (Wildman–Crippen MR) is 107 cm³/mol. The number of primary amides is 1. The molecule has 8 nitrogen and oxygen atoms in total. The van der Waals surface area contributed by atoms with Crippen LogP contribution in [0.3, 0.4) is 0 Å². The normalized spacial score (nSPS) is 10.6. The molecule has 3 N–H and O–H groups in total. The van der Waals surface area contributed by atoms with E-state index in [1.807, 2.05) is 27.8 Å². The van der Waals surface area contributed by atoms with Gasteiger partial charge in [-0.3, -0.25) is 19.1 Å². The van der Waals surface area contributed by atoms with Gasteiger partial charge in [-0.05, 0) is 45.0 Å². The van der Waals surface area contributed by atoms with Gasteiger partial charge in [0.05, 0.1) is 12.1 Å². The summed E-state index contributed by atoms with van der Waals surface area (Å²) in [6.45, 7) is 6.58. The molecule has 0 fully saturated rings. The van der Waals surface area contributed by atoms with Crippen molar-refractivity contribution in [1.29, 1.82) is 0 Å². The summed E-state index contributed by atoms with van der Waals surface area (Å²) in [7, 11) is 1.86. The number of amides is 3. The average molecular weight is 385 g/mol. The third-order valence-electron chi connectivity index (χ3n) is 4.78. The summed E-state index contributed by atoms with van der Waals surface area (Å²) in [5.74, 6) is -0.749. The standard InChI is InChI=1S/C20H27N5O3/c1-5-25(19(27)12-17-13(2)23-24(4)14(17)3)11-10-18(26)22-16-8-6-15(7-9-16)20(21)28/h6-9H,5,10-12H2,1-4H3,(H2,21,28)(H,22,26). The molecule has 2 aromatic rings. The number of likely N-dealkylation sites (N-methyl/N-ethyl adjacent to an activating group) is 1. The van der Waals surface area contributed by atoms with Crippen molar-refractivity contribution in [3.63, 3.8) is 0 Å². The molecule has 3 amide bonds. The highest BCUT2D eigenvalue weighted by atomic mass is 16.2. The maximum Gasteiger partial charge on any atom is 0.248 e. The Hall–Kier alpha value is -3.16. The van der Waals surface area contributed by atoms with E-state index >= 15 is 0 Å². The van der Waals surface area contributed by atoms with E-state index in [9.17, 15) is 14.4 Å². The third kappa shape index (κ3) is 5.18. The molecule has 1 heterocycles. The summed E-state index contributed by atoms with van der Waals surface area (Å²) in [6.07, 6.45) is 0.456. The van der Waals surface area contributed by atoms with Gasteiger partial charge in [-0.2, -0.15) is 5.10 Å². The molecular weight excluding hydrogens is 358 g/mol. The number of hydrogen-bond acceptors (Lipinski definition) is 4. The fraction of sp³-hybridized carbons (Fsp3) is 0.400. The summed E-state index contributed by atoms with van der Waals surface area (Å²) in [4.78, 5) is 37.6. The number of benzene rings is 1. The molecule has 2 rings (SSSR count). The summed E-state index contributed by atoms with van der Waals surface area (Å²) >= 11 is 0. The molecule has 0 aliphatic rings. The van der Waals surface area contributed by atoms with Crippen LogP contribution in [0.5, 0.6) is 0 Å². The highest BCUT2D eigenvalue weighted by Crippen LogP contribution is 2.14. The van der Waals surface area contributed by atoms with Gasteiger partial charge in [-0.1, -0.05) is 0 Å². The SMILES string of the molecule is CCN(CCC(=O)Nc1ccc(C(N)=O)cc1)C(=O)Cc1c(C)nn(C)c1C. The third-order valence-corrected chi connectivity index (χ3v) is 4.78. The van der Waals surface area contributed by atoms with Gasteiger partial charge in [0.2, 0.25) is 17.7 Å². The molecule has 28 heavy (non-hydrogen) atoms. The number of carbonyl (C=O) groups is 3. The fourth-order valence-electron chi connectivity index (χ4n) is 2.97. The minimum atomic E-state index is -0.519. The van der Waals surface area contributed by atoms with Crippen molar-refractivity contribution < 1.29 is 14.4 Å².